The number of oxazole rings is 1. The highest BCUT2D eigenvalue weighted by Gasteiger charge is 2.33. The highest BCUT2D eigenvalue weighted by Crippen LogP contribution is 2.37. The van der Waals surface area contributed by atoms with Crippen LogP contribution in [-0.2, 0) is 12.7 Å². The van der Waals surface area contributed by atoms with Gasteiger partial charge >= 0.3 is 6.18 Å². The number of hydrogen-bond acceptors (Lipinski definition) is 10. The van der Waals surface area contributed by atoms with Crippen molar-refractivity contribution in [2.45, 2.75) is 25.7 Å². The maximum Gasteiger partial charge on any atom is 0.433 e. The van der Waals surface area contributed by atoms with Gasteiger partial charge in [-0.1, -0.05) is 5.16 Å². The maximum absolute atomic E-state index is 13.3. The van der Waals surface area contributed by atoms with E-state index in [4.69, 9.17) is 24.1 Å². The summed E-state index contributed by atoms with van der Waals surface area (Å²) in [7, 11) is 2.88. The molecule has 212 valence electrons. The van der Waals surface area contributed by atoms with Crippen LogP contribution in [-0.4, -0.2) is 40.2 Å². The standard InChI is InChI=1S/C27H23F3N6O5/c1-13(31)23-22(24(37)32-12-20-34-25(41-36-20)14-4-6-15(38-2)7-5-14)35-26(40-23)17-8-10-18(39-3)21-16(17)9-11-19(33-21)27(28,29)30/h4-11,13H,12,31H2,1-3H3,(H,32,37)/t13-/m0/s1. The third-order valence-electron chi connectivity index (χ3n) is 6.06. The number of rotatable bonds is 8. The van der Waals surface area contributed by atoms with E-state index >= 15 is 0 Å². The molecule has 0 saturated carbocycles. The summed E-state index contributed by atoms with van der Waals surface area (Å²) in [5.74, 6) is 0.682. The van der Waals surface area contributed by atoms with Crippen LogP contribution in [0.1, 0.15) is 40.7 Å². The summed E-state index contributed by atoms with van der Waals surface area (Å²) in [5, 5.41) is 6.82. The molecule has 3 N–H and O–H groups in total. The van der Waals surface area contributed by atoms with Gasteiger partial charge in [0, 0.05) is 16.5 Å². The van der Waals surface area contributed by atoms with Crippen LogP contribution >= 0.6 is 0 Å². The molecule has 0 fully saturated rings. The Morgan fingerprint density at radius 2 is 1.76 bits per heavy atom. The van der Waals surface area contributed by atoms with Gasteiger partial charge in [0.25, 0.3) is 11.8 Å². The average Bonchev–Trinajstić information content (AvgIpc) is 3.63. The van der Waals surface area contributed by atoms with E-state index in [0.29, 0.717) is 16.9 Å². The molecule has 41 heavy (non-hydrogen) atoms. The molecular weight excluding hydrogens is 545 g/mol. The largest absolute Gasteiger partial charge is 0.497 e. The van der Waals surface area contributed by atoms with Crippen LogP contribution in [0.15, 0.2) is 57.5 Å². The number of methoxy groups -OCH3 is 2. The summed E-state index contributed by atoms with van der Waals surface area (Å²) >= 11 is 0. The quantitative estimate of drug-likeness (QED) is 0.264. The third-order valence-corrected chi connectivity index (χ3v) is 6.06. The Balaban J connectivity index is 1.42. The maximum atomic E-state index is 13.3. The first-order valence-electron chi connectivity index (χ1n) is 12.2. The number of carbonyl (C=O) groups is 1. The molecule has 0 saturated heterocycles. The van der Waals surface area contributed by atoms with Crippen molar-refractivity contribution >= 4 is 16.8 Å². The molecule has 0 aliphatic rings. The number of nitrogens with one attached hydrogen (secondary N) is 1. The average molecular weight is 569 g/mol. The van der Waals surface area contributed by atoms with Crippen LogP contribution in [0, 0.1) is 0 Å². The Bertz CT molecular complexity index is 1710. The zero-order chi connectivity index (χ0) is 29.3. The fourth-order valence-corrected chi connectivity index (χ4v) is 4.04. The molecule has 1 atom stereocenters. The lowest BCUT2D eigenvalue weighted by Gasteiger charge is -2.11. The number of ether oxygens (including phenoxy) is 2. The zero-order valence-corrected chi connectivity index (χ0v) is 21.9. The minimum atomic E-state index is -4.65. The van der Waals surface area contributed by atoms with Crippen LogP contribution in [0.25, 0.3) is 33.8 Å². The second kappa shape index (κ2) is 10.9. The van der Waals surface area contributed by atoms with Crippen LogP contribution < -0.4 is 20.5 Å². The van der Waals surface area contributed by atoms with E-state index in [1.807, 2.05) is 0 Å². The van der Waals surface area contributed by atoms with E-state index in [1.165, 1.54) is 19.2 Å². The third kappa shape index (κ3) is 5.54. The molecule has 0 bridgehead atoms. The summed E-state index contributed by atoms with van der Waals surface area (Å²) in [4.78, 5) is 25.5. The van der Waals surface area contributed by atoms with E-state index in [9.17, 15) is 18.0 Å². The van der Waals surface area contributed by atoms with E-state index in [2.05, 4.69) is 25.4 Å². The predicted molar refractivity (Wildman–Crippen MR) is 139 cm³/mol. The van der Waals surface area contributed by atoms with Gasteiger partial charge in [0.05, 0.1) is 26.8 Å². The highest BCUT2D eigenvalue weighted by atomic mass is 19.4. The van der Waals surface area contributed by atoms with Crippen molar-refractivity contribution in [2.24, 2.45) is 5.73 Å². The molecular formula is C27H23F3N6O5. The molecule has 5 rings (SSSR count). The molecule has 5 aromatic rings. The highest BCUT2D eigenvalue weighted by molar-refractivity contribution is 5.98. The van der Waals surface area contributed by atoms with E-state index in [0.717, 1.165) is 6.07 Å². The molecule has 2 aromatic carbocycles. The lowest BCUT2D eigenvalue weighted by molar-refractivity contribution is -0.140. The fourth-order valence-electron chi connectivity index (χ4n) is 4.04. The topological polar surface area (TPSA) is 151 Å². The zero-order valence-electron chi connectivity index (χ0n) is 21.9. The molecule has 0 aliphatic heterocycles. The summed E-state index contributed by atoms with van der Waals surface area (Å²) in [6, 6.07) is 11.3. The van der Waals surface area contributed by atoms with Gasteiger partial charge in [-0.15, -0.1) is 0 Å². The monoisotopic (exact) mass is 568 g/mol. The lowest BCUT2D eigenvalue weighted by atomic mass is 10.1. The Hall–Kier alpha value is -4.98. The number of amides is 1. The number of nitrogens with two attached hydrogens (primary N) is 1. The van der Waals surface area contributed by atoms with E-state index in [-0.39, 0.29) is 52.3 Å². The van der Waals surface area contributed by atoms with E-state index < -0.39 is 23.8 Å². The first kappa shape index (κ1) is 27.6. The number of halogens is 3. The van der Waals surface area contributed by atoms with E-state index in [1.54, 1.807) is 44.4 Å². The summed E-state index contributed by atoms with van der Waals surface area (Å²) in [6.45, 7) is 1.51. The van der Waals surface area contributed by atoms with Gasteiger partial charge in [-0.25, -0.2) is 9.97 Å². The van der Waals surface area contributed by atoms with Gasteiger partial charge in [0.15, 0.2) is 17.3 Å². The number of hydrogen-bond donors (Lipinski definition) is 2. The molecule has 11 nitrogen and oxygen atoms in total. The number of pyridine rings is 1. The molecule has 0 spiro atoms. The number of carbonyl (C=O) groups excluding carboxylic acids is 1. The smallest absolute Gasteiger partial charge is 0.433 e. The van der Waals surface area contributed by atoms with Crippen LogP contribution in [0.5, 0.6) is 11.5 Å². The number of nitrogens with zero attached hydrogens (tertiary/aromatic N) is 4. The van der Waals surface area contributed by atoms with Crippen molar-refractivity contribution in [3.8, 4) is 34.4 Å². The number of alkyl halides is 3. The molecule has 14 heteroatoms. The second-order valence-electron chi connectivity index (χ2n) is 8.85. The fraction of sp³-hybridized carbons (Fsp3) is 0.222. The minimum Gasteiger partial charge on any atom is -0.497 e. The van der Waals surface area contributed by atoms with Gasteiger partial charge in [-0.2, -0.15) is 18.2 Å². The lowest BCUT2D eigenvalue weighted by Crippen LogP contribution is -2.25. The summed E-state index contributed by atoms with van der Waals surface area (Å²) < 4.78 is 61.4. The van der Waals surface area contributed by atoms with Crippen LogP contribution in [0.4, 0.5) is 13.2 Å². The van der Waals surface area contributed by atoms with Crippen molar-refractivity contribution in [3.05, 3.63) is 71.5 Å². The van der Waals surface area contributed by atoms with Crippen LogP contribution in [0.2, 0.25) is 0 Å². The summed E-state index contributed by atoms with van der Waals surface area (Å²) in [6.07, 6.45) is -4.65. The SMILES string of the molecule is COc1ccc(-c2nc(CNC(=O)c3nc(-c4ccc(OC)c5nc(C(F)(F)F)ccc45)oc3[C@H](C)N)no2)cc1. The number of aromatic nitrogens is 4. The predicted octanol–water partition coefficient (Wildman–Crippen LogP) is 4.93. The molecule has 0 unspecified atom stereocenters. The van der Waals surface area contributed by atoms with Gasteiger partial charge < -0.3 is 29.5 Å². The Labute approximate surface area is 230 Å². The first-order chi connectivity index (χ1) is 19.6. The Morgan fingerprint density at radius 1 is 1.00 bits per heavy atom. The molecule has 1 amide bonds. The van der Waals surface area contributed by atoms with Crippen molar-refractivity contribution in [1.29, 1.82) is 0 Å². The normalized spacial score (nSPS) is 12.4. The minimum absolute atomic E-state index is 0.0296. The van der Waals surface area contributed by atoms with Crippen LogP contribution in [0.3, 0.4) is 0 Å². The Morgan fingerprint density at radius 3 is 2.41 bits per heavy atom. The molecule has 0 radical (unpaired) electrons. The van der Waals surface area contributed by atoms with Crippen molar-refractivity contribution < 1.29 is 36.4 Å². The second-order valence-corrected chi connectivity index (χ2v) is 8.85. The molecule has 3 heterocycles. The van der Waals surface area contributed by atoms with Gasteiger partial charge in [-0.3, -0.25) is 4.79 Å². The van der Waals surface area contributed by atoms with Gasteiger partial charge in [-0.05, 0) is 55.5 Å². The number of fused-ring (bicyclic) bond motifs is 1. The van der Waals surface area contributed by atoms with Crippen molar-refractivity contribution in [1.82, 2.24) is 25.4 Å². The van der Waals surface area contributed by atoms with Crippen molar-refractivity contribution in [2.75, 3.05) is 14.2 Å². The summed E-state index contributed by atoms with van der Waals surface area (Å²) in [5.41, 5.74) is 5.78. The van der Waals surface area contributed by atoms with Gasteiger partial charge in [0.2, 0.25) is 5.89 Å². The van der Waals surface area contributed by atoms with Crippen molar-refractivity contribution in [3.63, 3.8) is 0 Å². The first-order valence-corrected chi connectivity index (χ1v) is 12.2. The number of benzene rings is 2. The Kier molecular flexibility index (Phi) is 7.32. The molecule has 0 aliphatic carbocycles. The van der Waals surface area contributed by atoms with Gasteiger partial charge in [0.1, 0.15) is 22.7 Å². The molecule has 3 aromatic heterocycles.